The molecule has 0 aliphatic carbocycles. The second kappa shape index (κ2) is 13.0. The zero-order valence-corrected chi connectivity index (χ0v) is 20.9. The van der Waals surface area contributed by atoms with E-state index >= 15 is 0 Å². The van der Waals surface area contributed by atoms with Crippen LogP contribution >= 0.6 is 24.0 Å². The average molecular weight is 570 g/mol. The minimum Gasteiger partial charge on any atom is -0.381 e. The predicted octanol–water partition coefficient (Wildman–Crippen LogP) is 3.69. The molecule has 0 aromatic heterocycles. The van der Waals surface area contributed by atoms with Gasteiger partial charge >= 0.3 is 6.18 Å². The number of likely N-dealkylation sites (tertiary alicyclic amines) is 1. The monoisotopic (exact) mass is 570 g/mol. The minimum atomic E-state index is -4.30. The normalized spacial score (nSPS) is 19.4. The van der Waals surface area contributed by atoms with Crippen LogP contribution in [0.25, 0.3) is 0 Å². The zero-order chi connectivity index (χ0) is 22.2. The summed E-state index contributed by atoms with van der Waals surface area (Å²) in [6.07, 6.45) is 0.258. The van der Waals surface area contributed by atoms with Crippen molar-refractivity contribution in [2.24, 2.45) is 4.99 Å². The zero-order valence-electron chi connectivity index (χ0n) is 18.5. The van der Waals surface area contributed by atoms with E-state index in [1.165, 1.54) is 12.8 Å². The average Bonchev–Trinajstić information content (AvgIpc) is 3.30. The lowest BCUT2D eigenvalue weighted by atomic mass is 9.88. The molecule has 0 radical (unpaired) electrons. The number of ether oxygens (including phenoxy) is 2. The number of alkyl halides is 3. The molecule has 1 aromatic rings. The summed E-state index contributed by atoms with van der Waals surface area (Å²) in [5, 5.41) is 6.82. The fourth-order valence-electron chi connectivity index (χ4n) is 4.24. The van der Waals surface area contributed by atoms with Gasteiger partial charge in [-0.2, -0.15) is 13.2 Å². The van der Waals surface area contributed by atoms with Gasteiger partial charge in [0, 0.05) is 38.9 Å². The maximum absolute atomic E-state index is 12.2. The largest absolute Gasteiger partial charge is 0.411 e. The lowest BCUT2D eigenvalue weighted by Gasteiger charge is -2.45. The van der Waals surface area contributed by atoms with Crippen molar-refractivity contribution in [2.45, 2.75) is 50.6 Å². The number of aliphatic imine (C=N–C) groups is 1. The number of nitrogens with zero attached hydrogens (tertiary/aromatic N) is 2. The molecule has 0 spiro atoms. The van der Waals surface area contributed by atoms with Crippen LogP contribution < -0.4 is 10.6 Å². The molecule has 2 N–H and O–H groups in total. The third kappa shape index (κ3) is 8.35. The lowest BCUT2D eigenvalue weighted by Crippen LogP contribution is -2.58. The van der Waals surface area contributed by atoms with Crippen LogP contribution in [-0.2, 0) is 22.6 Å². The van der Waals surface area contributed by atoms with Gasteiger partial charge in [-0.15, -0.1) is 24.0 Å². The standard InChI is InChI=1S/C22H33F3N4O2.HI/c1-26-20(28-16-21(8-12-30-13-9-21)29-10-2-3-11-29)27-14-18-4-6-19(7-5-18)15-31-17-22(23,24)25;/h4-7H,2-3,8-17H2,1H3,(H2,26,27,28);1H. The molecule has 182 valence electrons. The van der Waals surface area contributed by atoms with Crippen molar-refractivity contribution < 1.29 is 22.6 Å². The highest BCUT2D eigenvalue weighted by Crippen LogP contribution is 2.30. The molecule has 2 fully saturated rings. The van der Waals surface area contributed by atoms with E-state index in [1.54, 1.807) is 19.2 Å². The smallest absolute Gasteiger partial charge is 0.381 e. The molecule has 0 bridgehead atoms. The maximum atomic E-state index is 12.2. The highest BCUT2D eigenvalue weighted by Gasteiger charge is 2.39. The third-order valence-corrected chi connectivity index (χ3v) is 6.03. The Bertz CT molecular complexity index is 704. The minimum absolute atomic E-state index is 0. The predicted molar refractivity (Wildman–Crippen MR) is 129 cm³/mol. The first-order chi connectivity index (χ1) is 14.9. The van der Waals surface area contributed by atoms with Crippen molar-refractivity contribution in [1.29, 1.82) is 0 Å². The molecular weight excluding hydrogens is 536 g/mol. The molecule has 0 saturated carbocycles. The molecule has 10 heteroatoms. The summed E-state index contributed by atoms with van der Waals surface area (Å²) in [7, 11) is 1.75. The first-order valence-corrected chi connectivity index (χ1v) is 10.9. The van der Waals surface area contributed by atoms with Crippen LogP contribution in [0.2, 0.25) is 0 Å². The van der Waals surface area contributed by atoms with Crippen molar-refractivity contribution in [3.63, 3.8) is 0 Å². The number of hydrogen-bond acceptors (Lipinski definition) is 4. The number of benzene rings is 1. The summed E-state index contributed by atoms with van der Waals surface area (Å²) >= 11 is 0. The van der Waals surface area contributed by atoms with E-state index < -0.39 is 12.8 Å². The van der Waals surface area contributed by atoms with Gasteiger partial charge < -0.3 is 20.1 Å². The Morgan fingerprint density at radius 1 is 1.09 bits per heavy atom. The van der Waals surface area contributed by atoms with Crippen LogP contribution in [0, 0.1) is 0 Å². The van der Waals surface area contributed by atoms with Crippen molar-refractivity contribution in [3.05, 3.63) is 35.4 Å². The first-order valence-electron chi connectivity index (χ1n) is 10.9. The van der Waals surface area contributed by atoms with E-state index in [9.17, 15) is 13.2 Å². The van der Waals surface area contributed by atoms with Gasteiger partial charge in [-0.1, -0.05) is 24.3 Å². The number of nitrogens with one attached hydrogen (secondary N) is 2. The summed E-state index contributed by atoms with van der Waals surface area (Å²) in [6, 6.07) is 7.34. The van der Waals surface area contributed by atoms with Crippen molar-refractivity contribution in [2.75, 3.05) is 46.5 Å². The van der Waals surface area contributed by atoms with Crippen LogP contribution in [-0.4, -0.2) is 69.1 Å². The molecule has 0 amide bonds. The molecule has 1 aromatic carbocycles. The van der Waals surface area contributed by atoms with Crippen LogP contribution in [0.4, 0.5) is 13.2 Å². The van der Waals surface area contributed by atoms with Gasteiger partial charge in [-0.3, -0.25) is 9.89 Å². The number of hydrogen-bond donors (Lipinski definition) is 2. The van der Waals surface area contributed by atoms with Crippen LogP contribution in [0.3, 0.4) is 0 Å². The van der Waals surface area contributed by atoms with Gasteiger partial charge in [0.2, 0.25) is 0 Å². The van der Waals surface area contributed by atoms with E-state index in [2.05, 4.69) is 20.5 Å². The summed E-state index contributed by atoms with van der Waals surface area (Å²) in [4.78, 5) is 6.95. The summed E-state index contributed by atoms with van der Waals surface area (Å²) < 4.78 is 46.8. The molecule has 2 aliphatic rings. The van der Waals surface area contributed by atoms with Gasteiger partial charge in [-0.05, 0) is 49.9 Å². The van der Waals surface area contributed by atoms with E-state index in [4.69, 9.17) is 9.47 Å². The number of guanidine groups is 1. The summed E-state index contributed by atoms with van der Waals surface area (Å²) in [5.41, 5.74) is 1.84. The Hall–Kier alpha value is -1.11. The Morgan fingerprint density at radius 2 is 1.72 bits per heavy atom. The van der Waals surface area contributed by atoms with Gasteiger partial charge in [0.1, 0.15) is 6.61 Å². The van der Waals surface area contributed by atoms with Gasteiger partial charge in [-0.25, -0.2) is 0 Å². The molecule has 2 saturated heterocycles. The van der Waals surface area contributed by atoms with E-state index in [0.29, 0.717) is 12.1 Å². The molecule has 32 heavy (non-hydrogen) atoms. The third-order valence-electron chi connectivity index (χ3n) is 6.03. The van der Waals surface area contributed by atoms with E-state index in [-0.39, 0.29) is 36.1 Å². The van der Waals surface area contributed by atoms with Crippen LogP contribution in [0.5, 0.6) is 0 Å². The molecule has 2 heterocycles. The van der Waals surface area contributed by atoms with Crippen molar-refractivity contribution in [1.82, 2.24) is 15.5 Å². The van der Waals surface area contributed by atoms with Crippen LogP contribution in [0.15, 0.2) is 29.3 Å². The van der Waals surface area contributed by atoms with E-state index in [1.807, 2.05) is 12.1 Å². The maximum Gasteiger partial charge on any atom is 0.411 e. The SMILES string of the molecule is CN=C(NCc1ccc(COCC(F)(F)F)cc1)NCC1(N2CCCC2)CCOCC1.I. The van der Waals surface area contributed by atoms with Crippen LogP contribution in [0.1, 0.15) is 36.8 Å². The fraction of sp³-hybridized carbons (Fsp3) is 0.682. The second-order valence-corrected chi connectivity index (χ2v) is 8.23. The quantitative estimate of drug-likeness (QED) is 0.284. The van der Waals surface area contributed by atoms with Gasteiger partial charge in [0.05, 0.1) is 6.61 Å². The molecule has 0 unspecified atom stereocenters. The Labute approximate surface area is 205 Å². The number of rotatable bonds is 8. The van der Waals surface area contributed by atoms with Gasteiger partial charge in [0.15, 0.2) is 5.96 Å². The highest BCUT2D eigenvalue weighted by molar-refractivity contribution is 14.0. The second-order valence-electron chi connectivity index (χ2n) is 8.23. The lowest BCUT2D eigenvalue weighted by molar-refractivity contribution is -0.176. The van der Waals surface area contributed by atoms with Crippen molar-refractivity contribution >= 4 is 29.9 Å². The highest BCUT2D eigenvalue weighted by atomic mass is 127. The van der Waals surface area contributed by atoms with Gasteiger partial charge in [0.25, 0.3) is 0 Å². The topological polar surface area (TPSA) is 58.1 Å². The van der Waals surface area contributed by atoms with Crippen molar-refractivity contribution in [3.8, 4) is 0 Å². The Balaban J connectivity index is 0.00000363. The summed E-state index contributed by atoms with van der Waals surface area (Å²) in [6.45, 7) is 3.99. The molecule has 2 aliphatic heterocycles. The molecule has 3 rings (SSSR count). The number of halogens is 4. The Morgan fingerprint density at radius 3 is 2.31 bits per heavy atom. The van der Waals surface area contributed by atoms with E-state index in [0.717, 1.165) is 57.2 Å². The molecule has 6 nitrogen and oxygen atoms in total. The molecular formula is C22H34F3IN4O2. The molecule has 0 atom stereocenters. The Kier molecular flexibility index (Phi) is 11.0. The first kappa shape index (κ1) is 27.1. The fourth-order valence-corrected chi connectivity index (χ4v) is 4.24. The summed E-state index contributed by atoms with van der Waals surface area (Å²) in [5.74, 6) is 0.739.